The molecular weight excluding hydrogens is 1010 g/mol. The van der Waals surface area contributed by atoms with Crippen molar-refractivity contribution in [3.63, 3.8) is 0 Å². The van der Waals surface area contributed by atoms with Crippen molar-refractivity contribution in [2.45, 2.75) is 0 Å². The average Bonchev–Trinajstić information content (AvgIpc) is 3.82. The van der Waals surface area contributed by atoms with Crippen molar-refractivity contribution in [1.29, 1.82) is 0 Å². The predicted molar refractivity (Wildman–Crippen MR) is 294 cm³/mol. The van der Waals surface area contributed by atoms with Crippen molar-refractivity contribution >= 4 is 133 Å². The number of pyridine rings is 5. The number of fused-ring (bicyclic) bond motifs is 11. The SMILES string of the molecule is [Se]=P(c1ccccc1)(c1ccncc1)c1ccc(-c2ccc3nc4c5c6ccccc6ccc5c5ccc(-c6cnc7cc(P(=[Se])(c8ccccc8)c8ccncc8)ccc7c6)cc5n4c3c2)nc1. The van der Waals surface area contributed by atoms with E-state index in [4.69, 9.17) is 15.0 Å². The molecule has 2 unspecified atom stereocenters. The Morgan fingerprint density at radius 2 is 0.986 bits per heavy atom. The molecule has 6 nitrogen and oxygen atoms in total. The second-order valence-electron chi connectivity index (χ2n) is 17.2. The van der Waals surface area contributed by atoms with Crippen molar-refractivity contribution in [2.75, 3.05) is 0 Å². The first kappa shape index (κ1) is 42.2. The number of hydrogen-bond donors (Lipinski definition) is 0. The van der Waals surface area contributed by atoms with Crippen molar-refractivity contribution in [3.05, 3.63) is 231 Å². The Bertz CT molecular complexity index is 4160. The Morgan fingerprint density at radius 1 is 0.377 bits per heavy atom. The number of rotatable bonds is 8. The normalized spacial score (nSPS) is 13.6. The van der Waals surface area contributed by atoms with Crippen LogP contribution in [0.5, 0.6) is 0 Å². The fraction of sp³-hybridized carbons (Fsp3) is 0. The van der Waals surface area contributed by atoms with E-state index in [1.807, 2.05) is 37.2 Å². The van der Waals surface area contributed by atoms with Crippen LogP contribution < -0.4 is 31.8 Å². The molecule has 7 aromatic carbocycles. The van der Waals surface area contributed by atoms with Crippen LogP contribution in [0.25, 0.3) is 82.4 Å². The Balaban J connectivity index is 0.959. The molecule has 326 valence electrons. The number of benzene rings is 7. The molecule has 13 aromatic rings. The molecule has 0 N–H and O–H groups in total. The molecule has 6 heterocycles. The third-order valence-corrected chi connectivity index (χ3v) is 27.5. The zero-order valence-electron chi connectivity index (χ0n) is 36.8. The first-order valence-corrected chi connectivity index (χ1v) is 30.7. The summed E-state index contributed by atoms with van der Waals surface area (Å²) in [5.41, 5.74) is 4.80. The summed E-state index contributed by atoms with van der Waals surface area (Å²) in [6, 6.07) is 69.8. The Morgan fingerprint density at radius 3 is 1.70 bits per heavy atom. The molecule has 0 saturated carbocycles. The molecule has 0 aliphatic carbocycles. The Hall–Kier alpha value is -6.97. The third kappa shape index (κ3) is 6.94. The van der Waals surface area contributed by atoms with E-state index in [-0.39, 0.29) is 0 Å². The van der Waals surface area contributed by atoms with E-state index in [1.54, 1.807) is 0 Å². The predicted octanol–water partition coefficient (Wildman–Crippen LogP) is 10.8. The van der Waals surface area contributed by atoms with Crippen LogP contribution in [0.15, 0.2) is 231 Å². The molecule has 0 saturated heterocycles. The van der Waals surface area contributed by atoms with Gasteiger partial charge >= 0.3 is 374 Å². The zero-order chi connectivity index (χ0) is 46.1. The van der Waals surface area contributed by atoms with Gasteiger partial charge in [-0.15, -0.1) is 0 Å². The fourth-order valence-electron chi connectivity index (χ4n) is 9.99. The zero-order valence-corrected chi connectivity index (χ0v) is 42.0. The van der Waals surface area contributed by atoms with Crippen LogP contribution in [-0.2, 0) is 0 Å². The van der Waals surface area contributed by atoms with Crippen molar-refractivity contribution in [2.24, 2.45) is 0 Å². The molecule has 69 heavy (non-hydrogen) atoms. The summed E-state index contributed by atoms with van der Waals surface area (Å²) in [6.45, 7) is 0. The number of nitrogens with zero attached hydrogens (tertiary/aromatic N) is 6. The van der Waals surface area contributed by atoms with Gasteiger partial charge in [0.05, 0.1) is 0 Å². The van der Waals surface area contributed by atoms with E-state index < -0.39 is 11.0 Å². The van der Waals surface area contributed by atoms with E-state index in [9.17, 15) is 0 Å². The summed E-state index contributed by atoms with van der Waals surface area (Å²) in [4.78, 5) is 24.4. The quantitative estimate of drug-likeness (QED) is 0.0862. The van der Waals surface area contributed by atoms with Gasteiger partial charge in [-0.2, -0.15) is 0 Å². The molecule has 6 aromatic heterocycles. The van der Waals surface area contributed by atoms with Gasteiger partial charge in [-0.25, -0.2) is 0 Å². The van der Waals surface area contributed by atoms with Gasteiger partial charge in [0.1, 0.15) is 0 Å². The van der Waals surface area contributed by atoms with Crippen LogP contribution in [0, 0.1) is 0 Å². The number of hydrogen-bond acceptors (Lipinski definition) is 5. The minimum atomic E-state index is -2.10. The molecule has 0 spiro atoms. The summed E-state index contributed by atoms with van der Waals surface area (Å²) in [5.74, 6) is 0. The number of aromatic nitrogens is 6. The average molecular weight is 1050 g/mol. The Labute approximate surface area is 413 Å². The third-order valence-electron chi connectivity index (χ3n) is 13.4. The van der Waals surface area contributed by atoms with Crippen LogP contribution in [0.4, 0.5) is 0 Å². The molecule has 0 amide bonds. The minimum absolute atomic E-state index is 0.899. The molecule has 10 heteroatoms. The van der Waals surface area contributed by atoms with Crippen molar-refractivity contribution < 1.29 is 0 Å². The summed E-state index contributed by atoms with van der Waals surface area (Å²) in [7, 11) is 0. The topological polar surface area (TPSA) is 68.9 Å². The van der Waals surface area contributed by atoms with E-state index in [0.717, 1.165) is 71.6 Å². The van der Waals surface area contributed by atoms with Crippen LogP contribution in [0.3, 0.4) is 0 Å². The molecule has 0 bridgehead atoms. The van der Waals surface area contributed by atoms with Gasteiger partial charge in [-0.1, -0.05) is 36.4 Å². The molecule has 0 aliphatic heterocycles. The first-order valence-electron chi connectivity index (χ1n) is 22.6. The summed E-state index contributed by atoms with van der Waals surface area (Å²) >= 11 is 7.33. The monoisotopic (exact) mass is 1050 g/mol. The summed E-state index contributed by atoms with van der Waals surface area (Å²) in [5, 5.41) is 14.3. The molecule has 0 aliphatic rings. The first-order chi connectivity index (χ1) is 33.9. The van der Waals surface area contributed by atoms with E-state index in [1.165, 1.54) is 42.7 Å². The second-order valence-corrected chi connectivity index (χ2v) is 29.6. The van der Waals surface area contributed by atoms with Gasteiger partial charge in [0.2, 0.25) is 0 Å². The molecule has 0 fully saturated rings. The molecule has 13 rings (SSSR count). The van der Waals surface area contributed by atoms with Gasteiger partial charge < -0.3 is 0 Å². The maximum absolute atomic E-state index is 5.43. The van der Waals surface area contributed by atoms with E-state index >= 15 is 0 Å². The van der Waals surface area contributed by atoms with Crippen molar-refractivity contribution in [3.8, 4) is 22.4 Å². The van der Waals surface area contributed by atoms with Gasteiger partial charge in [0.25, 0.3) is 0 Å². The van der Waals surface area contributed by atoms with Crippen LogP contribution in [0.2, 0.25) is 0 Å². The maximum atomic E-state index is 5.43. The van der Waals surface area contributed by atoms with Gasteiger partial charge in [-0.05, 0) is 5.39 Å². The molecule has 2 atom stereocenters. The van der Waals surface area contributed by atoms with Crippen LogP contribution >= 0.6 is 11.0 Å². The second kappa shape index (κ2) is 16.9. The van der Waals surface area contributed by atoms with Crippen LogP contribution in [-0.4, -0.2) is 59.5 Å². The van der Waals surface area contributed by atoms with E-state index in [2.05, 4.69) is 239 Å². The number of imidazole rings is 1. The molecular formula is C59H38N6P2Se2. The van der Waals surface area contributed by atoms with E-state index in [0.29, 0.717) is 0 Å². The summed E-state index contributed by atoms with van der Waals surface area (Å²) < 4.78 is 2.36. The van der Waals surface area contributed by atoms with Gasteiger partial charge in [0, 0.05) is 0 Å². The standard InChI is InChI=1S/C59H38N6P2Se2/c68-66(44-10-3-1-4-11-44,46-25-29-60-30-26-46)48-19-15-41-33-43(37-62-55(41)36-48)40-17-21-51-52-22-16-39-9-7-8-14-50(39)58(52)59-64-54-23-18-42(35-57(54)65(59)56(51)34-40)53-24-20-49(38-63-53)67(69,45-12-5-2-6-13-45)47-27-31-61-32-28-47/h1-38H. The molecule has 0 radical (unpaired) electrons. The summed E-state index contributed by atoms with van der Waals surface area (Å²) in [6.07, 6.45) is 11.6. The van der Waals surface area contributed by atoms with Gasteiger partial charge in [0.15, 0.2) is 0 Å². The van der Waals surface area contributed by atoms with Crippen molar-refractivity contribution in [1.82, 2.24) is 29.3 Å². The van der Waals surface area contributed by atoms with Gasteiger partial charge in [-0.3, -0.25) is 0 Å². The van der Waals surface area contributed by atoms with Crippen LogP contribution in [0.1, 0.15) is 0 Å². The fourth-order valence-corrected chi connectivity index (χ4v) is 19.6. The Kier molecular flexibility index (Phi) is 10.3.